The van der Waals surface area contributed by atoms with Crippen LogP contribution in [0.3, 0.4) is 0 Å². The number of hydrogen-bond donors (Lipinski definition) is 4. The molecule has 0 aliphatic rings. The van der Waals surface area contributed by atoms with Crippen molar-refractivity contribution in [3.63, 3.8) is 0 Å². The third-order valence-corrected chi connectivity index (χ3v) is 5.61. The lowest BCUT2D eigenvalue weighted by Gasteiger charge is -2.26. The molecule has 0 fully saturated rings. The second-order valence-corrected chi connectivity index (χ2v) is 8.16. The summed E-state index contributed by atoms with van der Waals surface area (Å²) < 4.78 is 0. The molecule has 4 aromatic rings. The van der Waals surface area contributed by atoms with E-state index in [1.165, 1.54) is 0 Å². The van der Waals surface area contributed by atoms with Gasteiger partial charge in [-0.1, -0.05) is 36.4 Å². The van der Waals surface area contributed by atoms with E-state index in [1.807, 2.05) is 67.3 Å². The maximum absolute atomic E-state index is 12.3. The molecule has 3 aromatic carbocycles. The Morgan fingerprint density at radius 1 is 0.771 bits per heavy atom. The molecule has 0 spiro atoms. The van der Waals surface area contributed by atoms with Crippen molar-refractivity contribution in [2.24, 2.45) is 0 Å². The highest BCUT2D eigenvalue weighted by atomic mass is 16.4. The maximum atomic E-state index is 12.3. The van der Waals surface area contributed by atoms with Gasteiger partial charge in [-0.25, -0.2) is 9.59 Å². The van der Waals surface area contributed by atoms with Gasteiger partial charge < -0.3 is 25.8 Å². The molecule has 4 rings (SSSR count). The normalized spacial score (nSPS) is 10.7. The maximum Gasteiger partial charge on any atom is 0.342 e. The summed E-state index contributed by atoms with van der Waals surface area (Å²) >= 11 is 0. The first-order valence-electron chi connectivity index (χ1n) is 10.7. The number of rotatable bonds is 6. The number of H-pyrrole nitrogens is 1. The Labute approximate surface area is 200 Å². The Bertz CT molecular complexity index is 1460. The van der Waals surface area contributed by atoms with Crippen LogP contribution in [0.2, 0.25) is 0 Å². The number of nitrogens with two attached hydrogens (primary N) is 1. The summed E-state index contributed by atoms with van der Waals surface area (Å²) in [6, 6.07) is 22.6. The molecule has 0 aliphatic carbocycles. The van der Waals surface area contributed by atoms with Crippen LogP contribution in [-0.2, 0) is 0 Å². The Morgan fingerprint density at radius 3 is 1.74 bits per heavy atom. The van der Waals surface area contributed by atoms with E-state index in [0.717, 1.165) is 28.2 Å². The van der Waals surface area contributed by atoms with E-state index < -0.39 is 34.4 Å². The molecule has 8 nitrogen and oxygen atoms in total. The number of aromatic nitrogens is 1. The highest BCUT2D eigenvalue weighted by molar-refractivity contribution is 6.07. The molecule has 176 valence electrons. The van der Waals surface area contributed by atoms with Crippen molar-refractivity contribution in [2.75, 3.05) is 10.6 Å². The number of hydrogen-bond acceptors (Lipinski definition) is 5. The molecule has 1 aromatic heterocycles. The van der Waals surface area contributed by atoms with Crippen LogP contribution < -0.4 is 16.2 Å². The molecule has 1 heterocycles. The summed E-state index contributed by atoms with van der Waals surface area (Å²) in [5, 5.41) is 19.3. The van der Waals surface area contributed by atoms with Crippen molar-refractivity contribution in [2.45, 2.75) is 13.8 Å². The number of carboxylic acids is 2. The number of aromatic carboxylic acids is 2. The fourth-order valence-corrected chi connectivity index (χ4v) is 4.09. The predicted octanol–water partition coefficient (Wildman–Crippen LogP) is 5.11. The quantitative estimate of drug-likeness (QED) is 0.308. The van der Waals surface area contributed by atoms with Gasteiger partial charge in [0.25, 0.3) is 5.56 Å². The van der Waals surface area contributed by atoms with Crippen molar-refractivity contribution < 1.29 is 19.8 Å². The summed E-state index contributed by atoms with van der Waals surface area (Å²) in [4.78, 5) is 40.2. The van der Waals surface area contributed by atoms with E-state index in [9.17, 15) is 24.6 Å². The molecule has 0 atom stereocenters. The van der Waals surface area contributed by atoms with Crippen LogP contribution in [0, 0.1) is 13.8 Å². The number of anilines is 4. The van der Waals surface area contributed by atoms with Crippen LogP contribution in [0.5, 0.6) is 0 Å². The first kappa shape index (κ1) is 23.3. The minimum atomic E-state index is -1.55. The van der Waals surface area contributed by atoms with Crippen LogP contribution in [0.15, 0.2) is 77.6 Å². The molecule has 8 heteroatoms. The lowest BCUT2D eigenvalue weighted by atomic mass is 9.95. The third kappa shape index (κ3) is 4.49. The Balaban J connectivity index is 1.91. The van der Waals surface area contributed by atoms with Crippen LogP contribution >= 0.6 is 0 Å². The molecule has 0 amide bonds. The SMILES string of the molecule is Cc1cccc(N(c2ccc(-c3c(C(=O)O)c(N)[nH]c(=O)c3C(=O)O)cc2)c2cccc(C)c2)c1. The minimum absolute atomic E-state index is 0.240. The number of nitrogens with one attached hydrogen (secondary N) is 1. The number of aryl methyl sites for hydroxylation is 2. The molecule has 0 unspecified atom stereocenters. The van der Waals surface area contributed by atoms with E-state index >= 15 is 0 Å². The average molecular weight is 469 g/mol. The van der Waals surface area contributed by atoms with Crippen LogP contribution in [-0.4, -0.2) is 27.1 Å². The number of carbonyl (C=O) groups is 2. The molecular weight excluding hydrogens is 446 g/mol. The molecule has 0 saturated heterocycles. The minimum Gasteiger partial charge on any atom is -0.478 e. The van der Waals surface area contributed by atoms with E-state index in [4.69, 9.17) is 5.73 Å². The Hall–Kier alpha value is -4.85. The summed E-state index contributed by atoms with van der Waals surface area (Å²) in [7, 11) is 0. The Kier molecular flexibility index (Phi) is 6.12. The fraction of sp³-hybridized carbons (Fsp3) is 0.0741. The third-order valence-electron chi connectivity index (χ3n) is 5.61. The highest BCUT2D eigenvalue weighted by Crippen LogP contribution is 2.37. The summed E-state index contributed by atoms with van der Waals surface area (Å²) in [5.74, 6) is -3.40. The van der Waals surface area contributed by atoms with Crippen molar-refractivity contribution >= 4 is 34.8 Å². The van der Waals surface area contributed by atoms with Crippen LogP contribution in [0.25, 0.3) is 11.1 Å². The van der Waals surface area contributed by atoms with E-state index in [2.05, 4.69) is 4.98 Å². The molecule has 0 bridgehead atoms. The van der Waals surface area contributed by atoms with E-state index in [-0.39, 0.29) is 11.1 Å². The van der Waals surface area contributed by atoms with Gasteiger partial charge in [0.2, 0.25) is 0 Å². The van der Waals surface area contributed by atoms with E-state index in [1.54, 1.807) is 24.3 Å². The summed E-state index contributed by atoms with van der Waals surface area (Å²) in [6.07, 6.45) is 0. The monoisotopic (exact) mass is 469 g/mol. The first-order valence-corrected chi connectivity index (χ1v) is 10.7. The number of pyridine rings is 1. The van der Waals surface area contributed by atoms with Gasteiger partial charge in [-0.15, -0.1) is 0 Å². The smallest absolute Gasteiger partial charge is 0.342 e. The van der Waals surface area contributed by atoms with Crippen molar-refractivity contribution in [1.29, 1.82) is 0 Å². The molecule has 35 heavy (non-hydrogen) atoms. The number of nitrogens with zero attached hydrogens (tertiary/aromatic N) is 1. The zero-order valence-electron chi connectivity index (χ0n) is 19.1. The molecule has 0 saturated carbocycles. The van der Waals surface area contributed by atoms with Gasteiger partial charge in [-0.2, -0.15) is 0 Å². The van der Waals surface area contributed by atoms with Crippen molar-refractivity contribution in [1.82, 2.24) is 4.98 Å². The number of aromatic amines is 1. The number of carboxylic acid groups (broad SMARTS) is 2. The van der Waals surface area contributed by atoms with Gasteiger partial charge in [0.05, 0.1) is 0 Å². The lowest BCUT2D eigenvalue weighted by molar-refractivity contribution is 0.0695. The van der Waals surface area contributed by atoms with Crippen molar-refractivity contribution in [3.05, 3.63) is 105 Å². The van der Waals surface area contributed by atoms with Gasteiger partial charge >= 0.3 is 11.9 Å². The lowest BCUT2D eigenvalue weighted by Crippen LogP contribution is -2.24. The number of benzene rings is 3. The van der Waals surface area contributed by atoms with Gasteiger partial charge in [0.15, 0.2) is 0 Å². The van der Waals surface area contributed by atoms with Gasteiger partial charge in [0.1, 0.15) is 16.9 Å². The molecule has 5 N–H and O–H groups in total. The number of nitrogen functional groups attached to an aromatic ring is 1. The second kappa shape index (κ2) is 9.18. The summed E-state index contributed by atoms with van der Waals surface area (Å²) in [5.41, 5.74) is 8.38. The van der Waals surface area contributed by atoms with Gasteiger partial charge in [0, 0.05) is 22.6 Å². The van der Waals surface area contributed by atoms with Crippen LogP contribution in [0.4, 0.5) is 22.9 Å². The average Bonchev–Trinajstić information content (AvgIpc) is 2.79. The van der Waals surface area contributed by atoms with Crippen molar-refractivity contribution in [3.8, 4) is 11.1 Å². The largest absolute Gasteiger partial charge is 0.478 e. The zero-order chi connectivity index (χ0) is 25.3. The Morgan fingerprint density at radius 2 is 1.29 bits per heavy atom. The molecule has 0 aliphatic heterocycles. The zero-order valence-corrected chi connectivity index (χ0v) is 19.1. The first-order chi connectivity index (χ1) is 16.7. The van der Waals surface area contributed by atoms with Gasteiger partial charge in [-0.05, 0) is 66.9 Å². The predicted molar refractivity (Wildman–Crippen MR) is 135 cm³/mol. The van der Waals surface area contributed by atoms with E-state index in [0.29, 0.717) is 0 Å². The van der Waals surface area contributed by atoms with Gasteiger partial charge in [-0.3, -0.25) is 4.79 Å². The molecule has 0 radical (unpaired) electrons. The summed E-state index contributed by atoms with van der Waals surface area (Å²) in [6.45, 7) is 4.00. The molecular formula is C27H23N3O5. The topological polar surface area (TPSA) is 137 Å². The highest BCUT2D eigenvalue weighted by Gasteiger charge is 2.26. The fourth-order valence-electron chi connectivity index (χ4n) is 4.09. The van der Waals surface area contributed by atoms with Crippen LogP contribution in [0.1, 0.15) is 31.8 Å². The standard InChI is InChI=1S/C27H23N3O5/c1-15-5-3-7-19(13-15)30(20-8-4-6-16(2)14-20)18-11-9-17(10-12-18)21-22(26(32)33)24(28)29-25(31)23(21)27(34)35/h3-14H,1-2H3,(H,32,33)(H,34,35)(H3,28,29,31). The second-order valence-electron chi connectivity index (χ2n) is 8.16.